The van der Waals surface area contributed by atoms with Crippen LogP contribution in [0.15, 0.2) is 0 Å². The summed E-state index contributed by atoms with van der Waals surface area (Å²) in [6.07, 6.45) is 0. The molecule has 0 aliphatic carbocycles. The molecular weight excluding hydrogens is 252 g/mol. The molecule has 6 heteroatoms. The van der Waals surface area contributed by atoms with Crippen LogP contribution >= 0.6 is 11.3 Å². The Morgan fingerprint density at radius 1 is 1.44 bits per heavy atom. The first-order chi connectivity index (χ1) is 8.38. The second kappa shape index (κ2) is 6.06. The van der Waals surface area contributed by atoms with Gasteiger partial charge in [-0.1, -0.05) is 13.8 Å². The lowest BCUT2D eigenvalue weighted by molar-refractivity contribution is 0.0517. The van der Waals surface area contributed by atoms with Crippen LogP contribution in [-0.2, 0) is 4.74 Å². The largest absolute Gasteiger partial charge is 0.461 e. The van der Waals surface area contributed by atoms with Crippen molar-refractivity contribution in [2.24, 2.45) is 11.7 Å². The van der Waals surface area contributed by atoms with Crippen molar-refractivity contribution in [2.45, 2.75) is 33.7 Å². The summed E-state index contributed by atoms with van der Waals surface area (Å²) in [7, 11) is 0. The van der Waals surface area contributed by atoms with Gasteiger partial charge in [0.2, 0.25) is 0 Å². The van der Waals surface area contributed by atoms with Crippen LogP contribution in [0.2, 0.25) is 0 Å². The number of carbonyl (C=O) groups is 2. The van der Waals surface area contributed by atoms with Crippen molar-refractivity contribution >= 4 is 23.1 Å². The lowest BCUT2D eigenvalue weighted by Crippen LogP contribution is -2.17. The van der Waals surface area contributed by atoms with E-state index in [4.69, 9.17) is 10.5 Å². The first kappa shape index (κ1) is 14.8. The van der Waals surface area contributed by atoms with E-state index in [1.165, 1.54) is 18.3 Å². The molecule has 1 heterocycles. The Kier molecular flexibility index (Phi) is 4.98. The molecule has 0 saturated carbocycles. The Hall–Kier alpha value is -1.27. The first-order valence-corrected chi connectivity index (χ1v) is 6.64. The van der Waals surface area contributed by atoms with Gasteiger partial charge in [0.1, 0.15) is 9.88 Å². The highest BCUT2D eigenvalue weighted by atomic mass is 32.1. The van der Waals surface area contributed by atoms with E-state index in [1.807, 2.05) is 13.8 Å². The highest BCUT2D eigenvalue weighted by Gasteiger charge is 2.25. The van der Waals surface area contributed by atoms with Crippen LogP contribution in [0.4, 0.5) is 0 Å². The van der Waals surface area contributed by atoms with Crippen LogP contribution in [0.5, 0.6) is 0 Å². The van der Waals surface area contributed by atoms with Gasteiger partial charge >= 0.3 is 5.97 Å². The maximum atomic E-state index is 11.7. The maximum absolute atomic E-state index is 11.7. The van der Waals surface area contributed by atoms with E-state index in [-0.39, 0.29) is 30.0 Å². The summed E-state index contributed by atoms with van der Waals surface area (Å²) >= 11 is 1.17. The van der Waals surface area contributed by atoms with Gasteiger partial charge in [-0.3, -0.25) is 4.79 Å². The lowest BCUT2D eigenvalue weighted by atomic mass is 10.1. The van der Waals surface area contributed by atoms with Crippen LogP contribution in [0, 0.1) is 5.92 Å². The van der Waals surface area contributed by atoms with Crippen LogP contribution in [0.1, 0.15) is 58.9 Å². The molecule has 1 aromatic rings. The number of esters is 1. The molecular formula is C12H18N2O3S. The molecule has 0 fully saturated rings. The third kappa shape index (κ3) is 3.14. The lowest BCUT2D eigenvalue weighted by Gasteiger charge is -2.11. The van der Waals surface area contributed by atoms with Gasteiger partial charge < -0.3 is 10.5 Å². The van der Waals surface area contributed by atoms with E-state index in [1.54, 1.807) is 6.92 Å². The van der Waals surface area contributed by atoms with Gasteiger partial charge in [-0.05, 0) is 12.8 Å². The van der Waals surface area contributed by atoms with E-state index >= 15 is 0 Å². The molecule has 1 aromatic heterocycles. The normalized spacial score (nSPS) is 12.6. The quantitative estimate of drug-likeness (QED) is 0.655. The number of hydrogen-bond acceptors (Lipinski definition) is 6. The Balaban J connectivity index is 3.16. The molecule has 0 radical (unpaired) electrons. The number of Topliss-reactive ketones (excluding diaryl/α,β-unsaturated/α-hetero) is 1. The van der Waals surface area contributed by atoms with Crippen LogP contribution in [-0.4, -0.2) is 23.3 Å². The smallest absolute Gasteiger partial charge is 0.358 e. The van der Waals surface area contributed by atoms with Crippen molar-refractivity contribution in [1.29, 1.82) is 0 Å². The summed E-state index contributed by atoms with van der Waals surface area (Å²) in [6.45, 7) is 7.28. The molecule has 1 rings (SSSR count). The topological polar surface area (TPSA) is 82.3 Å². The summed E-state index contributed by atoms with van der Waals surface area (Å²) < 4.78 is 4.88. The second-order valence-corrected chi connectivity index (χ2v) is 5.31. The zero-order valence-electron chi connectivity index (χ0n) is 11.0. The summed E-state index contributed by atoms with van der Waals surface area (Å²) in [5.41, 5.74) is 6.06. The Morgan fingerprint density at radius 2 is 2.06 bits per heavy atom. The number of ketones is 1. The molecule has 1 unspecified atom stereocenters. The van der Waals surface area contributed by atoms with Gasteiger partial charge in [0, 0.05) is 6.92 Å². The summed E-state index contributed by atoms with van der Waals surface area (Å²) in [5, 5.41) is 0.596. The average molecular weight is 270 g/mol. The maximum Gasteiger partial charge on any atom is 0.358 e. The van der Waals surface area contributed by atoms with Crippen molar-refractivity contribution in [3.63, 3.8) is 0 Å². The van der Waals surface area contributed by atoms with Crippen LogP contribution in [0.3, 0.4) is 0 Å². The van der Waals surface area contributed by atoms with Gasteiger partial charge in [0.05, 0.1) is 12.6 Å². The number of ether oxygens (including phenoxy) is 1. The number of nitrogens with zero attached hydrogens (tertiary/aromatic N) is 1. The monoisotopic (exact) mass is 270 g/mol. The first-order valence-electron chi connectivity index (χ1n) is 5.82. The minimum absolute atomic E-state index is 0.0838. The van der Waals surface area contributed by atoms with Gasteiger partial charge in [-0.2, -0.15) is 0 Å². The fourth-order valence-electron chi connectivity index (χ4n) is 1.34. The number of carbonyl (C=O) groups excluding carboxylic acids is 2. The Morgan fingerprint density at radius 3 is 2.50 bits per heavy atom. The molecule has 18 heavy (non-hydrogen) atoms. The number of nitrogens with two attached hydrogens (primary N) is 1. The number of thiazole rings is 1. The molecule has 0 amide bonds. The fourth-order valence-corrected chi connectivity index (χ4v) is 2.46. The Labute approximate surface area is 110 Å². The van der Waals surface area contributed by atoms with Crippen LogP contribution < -0.4 is 5.73 Å². The molecule has 1 atom stereocenters. The number of hydrogen-bond donors (Lipinski definition) is 1. The Bertz CT molecular complexity index is 454. The third-order valence-electron chi connectivity index (χ3n) is 2.44. The van der Waals surface area contributed by atoms with Crippen molar-refractivity contribution in [1.82, 2.24) is 4.98 Å². The molecule has 0 aromatic carbocycles. The third-order valence-corrected chi connectivity index (χ3v) is 3.69. The van der Waals surface area contributed by atoms with E-state index in [9.17, 15) is 9.59 Å². The molecule has 0 saturated heterocycles. The van der Waals surface area contributed by atoms with E-state index in [2.05, 4.69) is 4.98 Å². The molecule has 2 N–H and O–H groups in total. The van der Waals surface area contributed by atoms with Crippen LogP contribution in [0.25, 0.3) is 0 Å². The molecule has 0 spiro atoms. The minimum atomic E-state index is -0.568. The van der Waals surface area contributed by atoms with E-state index in [0.29, 0.717) is 9.88 Å². The summed E-state index contributed by atoms with van der Waals surface area (Å²) in [6, 6.07) is -0.281. The second-order valence-electron chi connectivity index (χ2n) is 4.28. The number of rotatable bonds is 5. The van der Waals surface area contributed by atoms with Gasteiger partial charge in [0.15, 0.2) is 11.5 Å². The van der Waals surface area contributed by atoms with Gasteiger partial charge in [-0.25, -0.2) is 9.78 Å². The molecule has 5 nitrogen and oxygen atoms in total. The highest BCUT2D eigenvalue weighted by Crippen LogP contribution is 2.27. The molecule has 100 valence electrons. The fraction of sp³-hybridized carbons (Fsp3) is 0.583. The van der Waals surface area contributed by atoms with Gasteiger partial charge in [0.25, 0.3) is 0 Å². The zero-order chi connectivity index (χ0) is 13.9. The summed E-state index contributed by atoms with van der Waals surface area (Å²) in [5.74, 6) is -0.579. The average Bonchev–Trinajstić information content (AvgIpc) is 2.72. The molecule has 0 aliphatic heterocycles. The molecule has 0 aliphatic rings. The van der Waals surface area contributed by atoms with Gasteiger partial charge in [-0.15, -0.1) is 11.3 Å². The van der Waals surface area contributed by atoms with E-state index in [0.717, 1.165) is 0 Å². The predicted molar refractivity (Wildman–Crippen MR) is 69.8 cm³/mol. The van der Waals surface area contributed by atoms with Crippen molar-refractivity contribution in [3.8, 4) is 0 Å². The summed E-state index contributed by atoms with van der Waals surface area (Å²) in [4.78, 5) is 27.7. The number of aromatic nitrogens is 1. The van der Waals surface area contributed by atoms with Crippen molar-refractivity contribution in [2.75, 3.05) is 6.61 Å². The standard InChI is InChI=1S/C12H18N2O3S/c1-5-17-12(16)9-10(7(4)15)18-11(14-9)8(13)6(2)3/h6,8H,5,13H2,1-4H3. The van der Waals surface area contributed by atoms with Crippen molar-refractivity contribution in [3.05, 3.63) is 15.6 Å². The predicted octanol–water partition coefficient (Wildman–Crippen LogP) is 2.18. The minimum Gasteiger partial charge on any atom is -0.461 e. The molecule has 0 bridgehead atoms. The van der Waals surface area contributed by atoms with Crippen molar-refractivity contribution < 1.29 is 14.3 Å². The highest BCUT2D eigenvalue weighted by molar-refractivity contribution is 7.14. The zero-order valence-corrected chi connectivity index (χ0v) is 11.8. The van der Waals surface area contributed by atoms with E-state index < -0.39 is 5.97 Å². The SMILES string of the molecule is CCOC(=O)c1nc(C(N)C(C)C)sc1C(C)=O.